The zero-order chi connectivity index (χ0) is 16.2. The highest BCUT2D eigenvalue weighted by Crippen LogP contribution is 2.38. The topological polar surface area (TPSA) is 73.1 Å². The zero-order valence-electron chi connectivity index (χ0n) is 12.7. The lowest BCUT2D eigenvalue weighted by Gasteiger charge is -2.20. The zero-order valence-corrected chi connectivity index (χ0v) is 14.3. The Morgan fingerprint density at radius 2 is 2.39 bits per heavy atom. The van der Waals surface area contributed by atoms with Crippen LogP contribution in [0.4, 0.5) is 0 Å². The van der Waals surface area contributed by atoms with Gasteiger partial charge in [0.25, 0.3) is 0 Å². The number of hydrogen-bond acceptors (Lipinski definition) is 5. The number of allylic oxidation sites excluding steroid dienone is 1. The lowest BCUT2D eigenvalue weighted by atomic mass is 10.0. The third-order valence-electron chi connectivity index (χ3n) is 4.20. The Bertz CT molecular complexity index is 707. The summed E-state index contributed by atoms with van der Waals surface area (Å²) in [6, 6.07) is 4.27. The van der Waals surface area contributed by atoms with Gasteiger partial charge in [0.05, 0.1) is 22.4 Å². The second kappa shape index (κ2) is 7.11. The molecule has 3 atom stereocenters. The van der Waals surface area contributed by atoms with E-state index >= 15 is 0 Å². The summed E-state index contributed by atoms with van der Waals surface area (Å²) >= 11 is 6.77. The maximum Gasteiger partial charge on any atom is 0.187 e. The molecule has 1 aromatic rings. The first-order chi connectivity index (χ1) is 11.2. The van der Waals surface area contributed by atoms with Crippen LogP contribution in [0.25, 0.3) is 0 Å². The van der Waals surface area contributed by atoms with E-state index in [0.29, 0.717) is 34.2 Å². The first kappa shape index (κ1) is 16.0. The number of nitriles is 1. The average molecular weight is 343 g/mol. The van der Waals surface area contributed by atoms with E-state index in [0.717, 1.165) is 11.3 Å². The highest BCUT2D eigenvalue weighted by molar-refractivity contribution is 7.98. The number of hydrogen-bond donors (Lipinski definition) is 2. The van der Waals surface area contributed by atoms with Gasteiger partial charge in [-0.25, -0.2) is 0 Å². The van der Waals surface area contributed by atoms with E-state index in [2.05, 4.69) is 39.0 Å². The summed E-state index contributed by atoms with van der Waals surface area (Å²) in [6.45, 7) is 0. The molecular formula is C16H17N5S2. The fourth-order valence-electron chi connectivity index (χ4n) is 3.16. The van der Waals surface area contributed by atoms with Crippen molar-refractivity contribution in [1.82, 2.24) is 15.7 Å². The highest BCUT2D eigenvalue weighted by atomic mass is 32.2. The van der Waals surface area contributed by atoms with Gasteiger partial charge in [-0.05, 0) is 49.2 Å². The van der Waals surface area contributed by atoms with Crippen LogP contribution in [0.2, 0.25) is 0 Å². The Morgan fingerprint density at radius 3 is 3.04 bits per heavy atom. The number of thioether (sulfide) groups is 1. The summed E-state index contributed by atoms with van der Waals surface area (Å²) in [5, 5.41) is 17.1. The van der Waals surface area contributed by atoms with Crippen LogP contribution in [0, 0.1) is 23.2 Å². The number of pyridine rings is 1. The molecule has 0 amide bonds. The van der Waals surface area contributed by atoms with Crippen molar-refractivity contribution in [3.63, 3.8) is 0 Å². The van der Waals surface area contributed by atoms with Crippen LogP contribution in [0.3, 0.4) is 0 Å². The van der Waals surface area contributed by atoms with Crippen molar-refractivity contribution in [2.75, 3.05) is 6.26 Å². The molecule has 3 unspecified atom stereocenters. The minimum Gasteiger partial charge on any atom is -0.358 e. The summed E-state index contributed by atoms with van der Waals surface area (Å²) < 4.78 is 0. The summed E-state index contributed by atoms with van der Waals surface area (Å²) in [5.41, 5.74) is 4.10. The number of thiocarbonyl (C=S) groups is 1. The van der Waals surface area contributed by atoms with E-state index in [9.17, 15) is 0 Å². The predicted molar refractivity (Wildman–Crippen MR) is 96.3 cm³/mol. The number of fused-ring (bicyclic) bond motifs is 2. The fourth-order valence-corrected chi connectivity index (χ4v) is 4.01. The number of nitrogens with zero attached hydrogens (tertiary/aromatic N) is 3. The molecular weight excluding hydrogens is 326 g/mol. The Balaban J connectivity index is 1.58. The SMILES string of the molecule is CSc1c(C#N)ccnc1/C=N/NC(=S)NC1CC2C=CC1C2. The third-order valence-corrected chi connectivity index (χ3v) is 5.25. The van der Waals surface area contributed by atoms with Gasteiger partial charge in [0.2, 0.25) is 0 Å². The molecule has 118 valence electrons. The Hall–Kier alpha value is -1.91. The fraction of sp³-hybridized carbons (Fsp3) is 0.375. The maximum absolute atomic E-state index is 9.11. The molecule has 1 aromatic heterocycles. The van der Waals surface area contributed by atoms with Gasteiger partial charge in [-0.2, -0.15) is 10.4 Å². The summed E-state index contributed by atoms with van der Waals surface area (Å²) in [4.78, 5) is 5.07. The van der Waals surface area contributed by atoms with Gasteiger partial charge in [0.1, 0.15) is 6.07 Å². The number of rotatable bonds is 4. The van der Waals surface area contributed by atoms with Crippen molar-refractivity contribution in [2.45, 2.75) is 23.8 Å². The molecule has 23 heavy (non-hydrogen) atoms. The molecule has 1 fully saturated rings. The number of aromatic nitrogens is 1. The van der Waals surface area contributed by atoms with Gasteiger partial charge in [0, 0.05) is 12.2 Å². The van der Waals surface area contributed by atoms with E-state index in [1.54, 1.807) is 18.5 Å². The molecule has 1 heterocycles. The maximum atomic E-state index is 9.11. The van der Waals surface area contributed by atoms with Gasteiger partial charge in [0.15, 0.2) is 5.11 Å². The molecule has 3 rings (SSSR count). The summed E-state index contributed by atoms with van der Waals surface area (Å²) in [5.74, 6) is 1.28. The van der Waals surface area contributed by atoms with Gasteiger partial charge >= 0.3 is 0 Å². The van der Waals surface area contributed by atoms with E-state index < -0.39 is 0 Å². The number of nitrogens with one attached hydrogen (secondary N) is 2. The van der Waals surface area contributed by atoms with Crippen molar-refractivity contribution in [3.05, 3.63) is 35.7 Å². The van der Waals surface area contributed by atoms with Crippen molar-refractivity contribution in [3.8, 4) is 6.07 Å². The van der Waals surface area contributed by atoms with E-state index in [1.165, 1.54) is 18.2 Å². The monoisotopic (exact) mass is 343 g/mol. The first-order valence-corrected chi connectivity index (χ1v) is 9.05. The average Bonchev–Trinajstić information content (AvgIpc) is 3.17. The molecule has 2 N–H and O–H groups in total. The van der Waals surface area contributed by atoms with Crippen molar-refractivity contribution >= 4 is 35.3 Å². The molecule has 0 aromatic carbocycles. The smallest absolute Gasteiger partial charge is 0.187 e. The largest absolute Gasteiger partial charge is 0.358 e. The Morgan fingerprint density at radius 1 is 1.52 bits per heavy atom. The third kappa shape index (κ3) is 3.54. The highest BCUT2D eigenvalue weighted by Gasteiger charge is 2.35. The molecule has 2 aliphatic rings. The lowest BCUT2D eigenvalue weighted by Crippen LogP contribution is -2.42. The van der Waals surface area contributed by atoms with E-state index in [4.69, 9.17) is 17.5 Å². The van der Waals surface area contributed by atoms with Gasteiger partial charge in [-0.3, -0.25) is 10.4 Å². The van der Waals surface area contributed by atoms with Crippen molar-refractivity contribution in [2.24, 2.45) is 16.9 Å². The second-order valence-electron chi connectivity index (χ2n) is 5.62. The predicted octanol–water partition coefficient (Wildman–Crippen LogP) is 2.44. The Kier molecular flexibility index (Phi) is 4.94. The Labute approximate surface area is 145 Å². The van der Waals surface area contributed by atoms with Gasteiger partial charge in [-0.1, -0.05) is 12.2 Å². The molecule has 2 bridgehead atoms. The quantitative estimate of drug-likeness (QED) is 0.288. The molecule has 7 heteroatoms. The van der Waals surface area contributed by atoms with Crippen LogP contribution in [-0.4, -0.2) is 28.6 Å². The van der Waals surface area contributed by atoms with Crippen LogP contribution in [0.1, 0.15) is 24.1 Å². The van der Waals surface area contributed by atoms with Crippen molar-refractivity contribution < 1.29 is 0 Å². The molecule has 0 radical (unpaired) electrons. The molecule has 5 nitrogen and oxygen atoms in total. The van der Waals surface area contributed by atoms with E-state index in [1.807, 2.05) is 6.26 Å². The van der Waals surface area contributed by atoms with Crippen LogP contribution >= 0.6 is 24.0 Å². The minimum atomic E-state index is 0.405. The van der Waals surface area contributed by atoms with E-state index in [-0.39, 0.29) is 0 Å². The summed E-state index contributed by atoms with van der Waals surface area (Å²) in [7, 11) is 0. The van der Waals surface area contributed by atoms with Crippen LogP contribution in [0.15, 0.2) is 34.4 Å². The molecule has 0 aliphatic heterocycles. The lowest BCUT2D eigenvalue weighted by molar-refractivity contribution is 0.521. The normalized spacial score (nSPS) is 24.8. The minimum absolute atomic E-state index is 0.405. The second-order valence-corrected chi connectivity index (χ2v) is 6.84. The van der Waals surface area contributed by atoms with Crippen LogP contribution in [0.5, 0.6) is 0 Å². The first-order valence-electron chi connectivity index (χ1n) is 7.42. The standard InChI is InChI=1S/C16H17N5S2/c1-23-15-12(8-17)4-5-18-14(15)9-19-21-16(22)20-13-7-10-2-3-11(13)6-10/h2-5,9-11,13H,6-7H2,1H3,(H2,20,21,22)/b19-9+. The van der Waals surface area contributed by atoms with Crippen LogP contribution in [-0.2, 0) is 0 Å². The molecule has 0 saturated heterocycles. The summed E-state index contributed by atoms with van der Waals surface area (Å²) in [6.07, 6.45) is 12.1. The molecule has 2 aliphatic carbocycles. The van der Waals surface area contributed by atoms with Gasteiger partial charge in [-0.15, -0.1) is 11.8 Å². The molecule has 1 saturated carbocycles. The van der Waals surface area contributed by atoms with Crippen molar-refractivity contribution in [1.29, 1.82) is 5.26 Å². The van der Waals surface area contributed by atoms with Crippen LogP contribution < -0.4 is 10.7 Å². The number of hydrazone groups is 1. The molecule has 0 spiro atoms. The van der Waals surface area contributed by atoms with Gasteiger partial charge < -0.3 is 5.32 Å².